The van der Waals surface area contributed by atoms with Gasteiger partial charge in [0.1, 0.15) is 23.2 Å². The largest absolute Gasteiger partial charge is 0.496 e. The lowest BCUT2D eigenvalue weighted by molar-refractivity contribution is -0.136. The van der Waals surface area contributed by atoms with Crippen molar-refractivity contribution < 1.29 is 27.8 Å². The molecule has 3 rings (SSSR count). The fourth-order valence-electron chi connectivity index (χ4n) is 2.52. The number of fused-ring (bicyclic) bond motifs is 1. The minimum Gasteiger partial charge on any atom is -0.496 e. The molecule has 0 atom stereocenters. The van der Waals surface area contributed by atoms with E-state index in [4.69, 9.17) is 10.5 Å². The molecule has 0 unspecified atom stereocenters. The van der Waals surface area contributed by atoms with Gasteiger partial charge >= 0.3 is 12.1 Å². The summed E-state index contributed by atoms with van der Waals surface area (Å²) in [5.41, 5.74) is 4.24. The number of hydrogen-bond donors (Lipinski definition) is 2. The number of rotatable bonds is 3. The minimum absolute atomic E-state index is 0.0292. The third-order valence-corrected chi connectivity index (χ3v) is 3.61. The Labute approximate surface area is 138 Å². The maximum Gasteiger partial charge on any atom is 0.418 e. The van der Waals surface area contributed by atoms with Crippen molar-refractivity contribution in [2.45, 2.75) is 6.18 Å². The maximum absolute atomic E-state index is 13.3. The monoisotopic (exact) mass is 352 g/mol. The van der Waals surface area contributed by atoms with Crippen LogP contribution >= 0.6 is 0 Å². The van der Waals surface area contributed by atoms with E-state index in [9.17, 15) is 23.1 Å². The van der Waals surface area contributed by atoms with Crippen molar-refractivity contribution in [1.29, 1.82) is 0 Å². The number of carbonyl (C=O) groups is 1. The molecule has 7 nitrogen and oxygen atoms in total. The molecule has 10 heteroatoms. The molecule has 1 aromatic carbocycles. The Morgan fingerprint density at radius 2 is 2.04 bits per heavy atom. The Kier molecular flexibility index (Phi) is 3.74. The Morgan fingerprint density at radius 1 is 1.32 bits per heavy atom. The molecule has 3 aromatic rings. The van der Waals surface area contributed by atoms with Crippen LogP contribution in [-0.4, -0.2) is 32.8 Å². The van der Waals surface area contributed by atoms with Crippen molar-refractivity contribution in [3.63, 3.8) is 0 Å². The van der Waals surface area contributed by atoms with Gasteiger partial charge in [-0.3, -0.25) is 0 Å². The lowest BCUT2D eigenvalue weighted by Crippen LogP contribution is -2.07. The van der Waals surface area contributed by atoms with Gasteiger partial charge in [0.15, 0.2) is 5.82 Å². The van der Waals surface area contributed by atoms with Crippen molar-refractivity contribution in [1.82, 2.24) is 14.6 Å². The fourth-order valence-corrected chi connectivity index (χ4v) is 2.52. The average molecular weight is 352 g/mol. The SMILES string of the molecule is COc1ccc(-c2cc(C(F)(F)F)c3c(N)ncnn23)cc1C(=O)O. The molecule has 2 heterocycles. The number of nitrogens with zero attached hydrogens (tertiary/aromatic N) is 3. The summed E-state index contributed by atoms with van der Waals surface area (Å²) in [6, 6.07) is 4.86. The summed E-state index contributed by atoms with van der Waals surface area (Å²) < 4.78 is 45.9. The van der Waals surface area contributed by atoms with Gasteiger partial charge in [-0.25, -0.2) is 14.3 Å². The van der Waals surface area contributed by atoms with Crippen LogP contribution in [0.4, 0.5) is 19.0 Å². The van der Waals surface area contributed by atoms with Crippen LogP contribution < -0.4 is 10.5 Å². The number of alkyl halides is 3. The summed E-state index contributed by atoms with van der Waals surface area (Å²) in [5.74, 6) is -1.52. The molecule has 0 aliphatic carbocycles. The third-order valence-electron chi connectivity index (χ3n) is 3.61. The van der Waals surface area contributed by atoms with Crippen LogP contribution in [-0.2, 0) is 6.18 Å². The van der Waals surface area contributed by atoms with Crippen molar-refractivity contribution in [2.75, 3.05) is 12.8 Å². The zero-order valence-corrected chi connectivity index (χ0v) is 12.7. The first-order valence-corrected chi connectivity index (χ1v) is 6.85. The lowest BCUT2D eigenvalue weighted by atomic mass is 10.1. The van der Waals surface area contributed by atoms with E-state index in [1.807, 2.05) is 0 Å². The molecule has 0 saturated heterocycles. The van der Waals surface area contributed by atoms with Crippen LogP contribution in [0.1, 0.15) is 15.9 Å². The first-order chi connectivity index (χ1) is 11.7. The number of benzene rings is 1. The Bertz CT molecular complexity index is 982. The van der Waals surface area contributed by atoms with Gasteiger partial charge in [-0.1, -0.05) is 0 Å². The molecule has 0 saturated carbocycles. The number of hydrogen-bond acceptors (Lipinski definition) is 5. The number of aromatic carboxylic acids is 1. The molecule has 0 spiro atoms. The third kappa shape index (κ3) is 2.71. The highest BCUT2D eigenvalue weighted by Gasteiger charge is 2.36. The van der Waals surface area contributed by atoms with Gasteiger partial charge in [0, 0.05) is 5.56 Å². The van der Waals surface area contributed by atoms with Gasteiger partial charge in [0.05, 0.1) is 18.4 Å². The number of ether oxygens (including phenoxy) is 1. The zero-order chi connectivity index (χ0) is 18.4. The van der Waals surface area contributed by atoms with E-state index < -0.39 is 23.2 Å². The molecule has 0 bridgehead atoms. The number of nitrogen functional groups attached to an aromatic ring is 1. The van der Waals surface area contributed by atoms with Crippen LogP contribution in [0.25, 0.3) is 16.8 Å². The van der Waals surface area contributed by atoms with E-state index in [0.29, 0.717) is 0 Å². The molecule has 0 radical (unpaired) electrons. The Hall–Kier alpha value is -3.30. The Morgan fingerprint density at radius 3 is 2.64 bits per heavy atom. The lowest BCUT2D eigenvalue weighted by Gasteiger charge is -2.08. The van der Waals surface area contributed by atoms with Crippen LogP contribution in [0.3, 0.4) is 0 Å². The summed E-state index contributed by atoms with van der Waals surface area (Å²) in [4.78, 5) is 14.9. The molecule has 3 N–H and O–H groups in total. The molecule has 0 amide bonds. The van der Waals surface area contributed by atoms with Crippen molar-refractivity contribution in [2.24, 2.45) is 0 Å². The summed E-state index contributed by atoms with van der Waals surface area (Å²) in [5, 5.41) is 13.1. The Balaban J connectivity index is 2.32. The van der Waals surface area contributed by atoms with Crippen molar-refractivity contribution >= 4 is 17.3 Å². The number of carboxylic acids is 1. The van der Waals surface area contributed by atoms with Gasteiger partial charge < -0.3 is 15.6 Å². The highest BCUT2D eigenvalue weighted by atomic mass is 19.4. The standard InChI is InChI=1S/C15H11F3N4O3/c1-25-11-3-2-7(4-8(11)14(23)24)10-5-9(15(16,17)18)12-13(19)20-6-21-22(10)12/h2-6H,1H3,(H,23,24)(H2,19,20,21). The summed E-state index contributed by atoms with van der Waals surface area (Å²) >= 11 is 0. The first kappa shape index (κ1) is 16.6. The first-order valence-electron chi connectivity index (χ1n) is 6.85. The summed E-state index contributed by atoms with van der Waals surface area (Å²) in [7, 11) is 1.30. The van der Waals surface area contributed by atoms with Gasteiger partial charge in [0.25, 0.3) is 0 Å². The molecular weight excluding hydrogens is 341 g/mol. The van der Waals surface area contributed by atoms with Crippen LogP contribution in [0.15, 0.2) is 30.6 Å². The van der Waals surface area contributed by atoms with E-state index in [0.717, 1.165) is 16.9 Å². The van der Waals surface area contributed by atoms with E-state index in [1.165, 1.54) is 25.3 Å². The normalized spacial score (nSPS) is 11.7. The number of aromatic nitrogens is 3. The van der Waals surface area contributed by atoms with Crippen LogP contribution in [0.2, 0.25) is 0 Å². The number of carboxylic acid groups (broad SMARTS) is 1. The highest BCUT2D eigenvalue weighted by molar-refractivity contribution is 5.93. The smallest absolute Gasteiger partial charge is 0.418 e. The second-order valence-electron chi connectivity index (χ2n) is 5.07. The van der Waals surface area contributed by atoms with Crippen molar-refractivity contribution in [3.8, 4) is 17.0 Å². The quantitative estimate of drug-likeness (QED) is 0.751. The molecule has 0 fully saturated rings. The zero-order valence-electron chi connectivity index (χ0n) is 12.7. The molecule has 130 valence electrons. The highest BCUT2D eigenvalue weighted by Crippen LogP contribution is 2.39. The van der Waals surface area contributed by atoms with Crippen LogP contribution in [0, 0.1) is 0 Å². The summed E-state index contributed by atoms with van der Waals surface area (Å²) in [6.45, 7) is 0. The number of anilines is 1. The second-order valence-corrected chi connectivity index (χ2v) is 5.07. The van der Waals surface area contributed by atoms with E-state index in [1.54, 1.807) is 0 Å². The molecule has 0 aliphatic rings. The fraction of sp³-hybridized carbons (Fsp3) is 0.133. The van der Waals surface area contributed by atoms with Gasteiger partial charge in [-0.2, -0.15) is 18.3 Å². The number of nitrogens with two attached hydrogens (primary N) is 1. The van der Waals surface area contributed by atoms with Gasteiger partial charge in [-0.05, 0) is 24.3 Å². The van der Waals surface area contributed by atoms with Crippen LogP contribution in [0.5, 0.6) is 5.75 Å². The number of halogens is 3. The minimum atomic E-state index is -4.68. The maximum atomic E-state index is 13.3. The van der Waals surface area contributed by atoms with Gasteiger partial charge in [0.2, 0.25) is 0 Å². The molecule has 25 heavy (non-hydrogen) atoms. The molecule has 0 aliphatic heterocycles. The topological polar surface area (TPSA) is 103 Å². The second kappa shape index (κ2) is 5.65. The predicted molar refractivity (Wildman–Crippen MR) is 81.3 cm³/mol. The molecular formula is C15H11F3N4O3. The molecule has 2 aromatic heterocycles. The summed E-state index contributed by atoms with van der Waals surface area (Å²) in [6.07, 6.45) is -3.65. The average Bonchev–Trinajstić information content (AvgIpc) is 2.95. The van der Waals surface area contributed by atoms with E-state index >= 15 is 0 Å². The van der Waals surface area contributed by atoms with Gasteiger partial charge in [-0.15, -0.1) is 0 Å². The van der Waals surface area contributed by atoms with Crippen molar-refractivity contribution in [3.05, 3.63) is 41.7 Å². The number of methoxy groups -OCH3 is 1. The van der Waals surface area contributed by atoms with E-state index in [-0.39, 0.29) is 28.4 Å². The predicted octanol–water partition coefficient (Wildman–Crippen LogP) is 2.70. The van der Waals surface area contributed by atoms with E-state index in [2.05, 4.69) is 10.1 Å².